The Balaban J connectivity index is 1.35. The molecule has 32 heavy (non-hydrogen) atoms. The van der Waals surface area contributed by atoms with Gasteiger partial charge in [0.15, 0.2) is 0 Å². The van der Waals surface area contributed by atoms with Crippen LogP contribution in [0.1, 0.15) is 120 Å². The summed E-state index contributed by atoms with van der Waals surface area (Å²) in [6, 6.07) is 11.2. The number of hydrogen-bond donors (Lipinski definition) is 1. The zero-order chi connectivity index (χ0) is 22.3. The Kier molecular flexibility index (Phi) is 8.27. The average Bonchev–Trinajstić information content (AvgIpc) is 2.85. The van der Waals surface area contributed by atoms with Crippen LogP contribution in [0.4, 0.5) is 5.69 Å². The minimum Gasteiger partial charge on any atom is -0.398 e. The maximum atomic E-state index is 6.57. The summed E-state index contributed by atoms with van der Waals surface area (Å²) >= 11 is 0. The van der Waals surface area contributed by atoms with Crippen molar-refractivity contribution in [1.82, 2.24) is 4.98 Å². The van der Waals surface area contributed by atoms with Crippen molar-refractivity contribution in [2.75, 3.05) is 5.73 Å². The lowest BCUT2D eigenvalue weighted by molar-refractivity contribution is 0.303. The molecule has 0 radical (unpaired) electrons. The minimum atomic E-state index is 0.639. The number of unbranched alkanes of at least 4 members (excludes halogenated alkanes) is 2. The first-order valence-electron chi connectivity index (χ1n) is 13.5. The lowest BCUT2D eigenvalue weighted by atomic mass is 9.76. The maximum absolute atomic E-state index is 6.57. The van der Waals surface area contributed by atoms with Gasteiger partial charge in [-0.3, -0.25) is 4.98 Å². The van der Waals surface area contributed by atoms with E-state index >= 15 is 0 Å². The van der Waals surface area contributed by atoms with Crippen molar-refractivity contribution < 1.29 is 0 Å². The van der Waals surface area contributed by atoms with Crippen molar-refractivity contribution >= 4 is 5.69 Å². The molecule has 2 N–H and O–H groups in total. The molecular weight excluding hydrogens is 388 g/mol. The number of nitrogens with two attached hydrogens (primary N) is 1. The van der Waals surface area contributed by atoms with Crippen molar-refractivity contribution in [3.8, 4) is 11.3 Å². The highest BCUT2D eigenvalue weighted by atomic mass is 14.7. The fourth-order valence-corrected chi connectivity index (χ4v) is 6.27. The standard InChI is InChI=1S/C30H44N2/c1-3-5-6-7-23-10-14-25(15-11-23)28-18-16-26(20-29(28)31)30-19-17-27(21-32-30)24-12-8-22(4-2)9-13-24/h16-25H,3-15,31H2,1-2H3. The molecule has 0 saturated heterocycles. The molecule has 2 aromatic rings. The predicted molar refractivity (Wildman–Crippen MR) is 138 cm³/mol. The Bertz CT molecular complexity index is 824. The summed E-state index contributed by atoms with van der Waals surface area (Å²) in [6.45, 7) is 4.63. The first kappa shape index (κ1) is 23.3. The molecule has 0 atom stereocenters. The van der Waals surface area contributed by atoms with Crippen LogP contribution in [-0.4, -0.2) is 4.98 Å². The van der Waals surface area contributed by atoms with Crippen LogP contribution in [0, 0.1) is 11.8 Å². The van der Waals surface area contributed by atoms with E-state index in [-0.39, 0.29) is 0 Å². The SMILES string of the molecule is CCCCCC1CCC(c2ccc(-c3ccc(C4CCC(CC)CC4)cn3)cc2N)CC1. The molecule has 4 rings (SSSR count). The number of anilines is 1. The van der Waals surface area contributed by atoms with Crippen LogP contribution in [0.5, 0.6) is 0 Å². The molecule has 2 fully saturated rings. The second kappa shape index (κ2) is 11.3. The molecule has 1 aromatic heterocycles. The van der Waals surface area contributed by atoms with E-state index in [0.29, 0.717) is 11.8 Å². The quantitative estimate of drug-likeness (QED) is 0.334. The first-order valence-corrected chi connectivity index (χ1v) is 13.5. The van der Waals surface area contributed by atoms with Crippen LogP contribution in [-0.2, 0) is 0 Å². The molecule has 1 heterocycles. The van der Waals surface area contributed by atoms with E-state index in [4.69, 9.17) is 10.7 Å². The molecule has 0 aliphatic heterocycles. The maximum Gasteiger partial charge on any atom is 0.0702 e. The lowest BCUT2D eigenvalue weighted by Gasteiger charge is -2.29. The normalized spacial score (nSPS) is 26.2. The van der Waals surface area contributed by atoms with Crippen LogP contribution in [0.25, 0.3) is 11.3 Å². The van der Waals surface area contributed by atoms with Gasteiger partial charge in [0.05, 0.1) is 5.69 Å². The van der Waals surface area contributed by atoms with E-state index in [1.165, 1.54) is 94.6 Å². The molecule has 2 saturated carbocycles. The molecule has 0 bridgehead atoms. The van der Waals surface area contributed by atoms with Gasteiger partial charge in [0.1, 0.15) is 0 Å². The molecule has 0 unspecified atom stereocenters. The van der Waals surface area contributed by atoms with E-state index in [0.717, 1.165) is 28.8 Å². The Hall–Kier alpha value is -1.83. The summed E-state index contributed by atoms with van der Waals surface area (Å²) in [4.78, 5) is 4.84. The van der Waals surface area contributed by atoms with Gasteiger partial charge in [0.2, 0.25) is 0 Å². The highest BCUT2D eigenvalue weighted by Gasteiger charge is 2.24. The number of nitrogen functional groups attached to an aromatic ring is 1. The van der Waals surface area contributed by atoms with E-state index in [2.05, 4.69) is 50.4 Å². The average molecular weight is 433 g/mol. The van der Waals surface area contributed by atoms with E-state index in [9.17, 15) is 0 Å². The summed E-state index contributed by atoms with van der Waals surface area (Å²) < 4.78 is 0. The molecule has 2 heteroatoms. The Morgan fingerprint density at radius 3 is 2.16 bits per heavy atom. The van der Waals surface area contributed by atoms with Gasteiger partial charge in [-0.2, -0.15) is 0 Å². The molecule has 2 aliphatic carbocycles. The van der Waals surface area contributed by atoms with Crippen molar-refractivity contribution in [3.05, 3.63) is 47.7 Å². The second-order valence-corrected chi connectivity index (χ2v) is 10.7. The topological polar surface area (TPSA) is 38.9 Å². The number of hydrogen-bond acceptors (Lipinski definition) is 2. The molecule has 0 amide bonds. The fourth-order valence-electron chi connectivity index (χ4n) is 6.27. The summed E-state index contributed by atoms with van der Waals surface area (Å²) in [5, 5.41) is 0. The van der Waals surface area contributed by atoms with Crippen LogP contribution < -0.4 is 5.73 Å². The minimum absolute atomic E-state index is 0.639. The van der Waals surface area contributed by atoms with Gasteiger partial charge in [-0.1, -0.05) is 64.2 Å². The van der Waals surface area contributed by atoms with Crippen molar-refractivity contribution in [1.29, 1.82) is 0 Å². The van der Waals surface area contributed by atoms with Gasteiger partial charge in [-0.15, -0.1) is 0 Å². The first-order chi connectivity index (χ1) is 15.7. The molecule has 174 valence electrons. The van der Waals surface area contributed by atoms with Crippen LogP contribution in [0.3, 0.4) is 0 Å². The monoisotopic (exact) mass is 432 g/mol. The van der Waals surface area contributed by atoms with Crippen LogP contribution >= 0.6 is 0 Å². The smallest absolute Gasteiger partial charge is 0.0702 e. The van der Waals surface area contributed by atoms with Gasteiger partial charge in [-0.05, 0) is 98.3 Å². The van der Waals surface area contributed by atoms with Gasteiger partial charge < -0.3 is 5.73 Å². The lowest BCUT2D eigenvalue weighted by Crippen LogP contribution is -2.14. The summed E-state index contributed by atoms with van der Waals surface area (Å²) in [6.07, 6.45) is 19.8. The second-order valence-electron chi connectivity index (χ2n) is 10.7. The van der Waals surface area contributed by atoms with E-state index in [1.807, 2.05) is 0 Å². The van der Waals surface area contributed by atoms with Crippen molar-refractivity contribution in [2.24, 2.45) is 11.8 Å². The van der Waals surface area contributed by atoms with Crippen molar-refractivity contribution in [2.45, 2.75) is 109 Å². The largest absolute Gasteiger partial charge is 0.398 e. The third-order valence-corrected chi connectivity index (χ3v) is 8.57. The molecule has 2 aliphatic rings. The third kappa shape index (κ3) is 5.74. The van der Waals surface area contributed by atoms with Gasteiger partial charge in [0.25, 0.3) is 0 Å². The highest BCUT2D eigenvalue weighted by Crippen LogP contribution is 2.41. The van der Waals surface area contributed by atoms with Crippen molar-refractivity contribution in [3.63, 3.8) is 0 Å². The zero-order valence-electron chi connectivity index (χ0n) is 20.5. The summed E-state index contributed by atoms with van der Waals surface area (Å²) in [5.41, 5.74) is 12.5. The van der Waals surface area contributed by atoms with E-state index < -0.39 is 0 Å². The zero-order valence-corrected chi connectivity index (χ0v) is 20.5. The Labute approximate surface area is 196 Å². The van der Waals surface area contributed by atoms with Gasteiger partial charge >= 0.3 is 0 Å². The predicted octanol–water partition coefficient (Wildman–Crippen LogP) is 8.87. The van der Waals surface area contributed by atoms with Gasteiger partial charge in [0, 0.05) is 17.4 Å². The number of aromatic nitrogens is 1. The molecule has 1 aromatic carbocycles. The molecule has 0 spiro atoms. The van der Waals surface area contributed by atoms with Gasteiger partial charge in [-0.25, -0.2) is 0 Å². The molecular formula is C30H44N2. The number of benzene rings is 1. The fraction of sp³-hybridized carbons (Fsp3) is 0.633. The molecule has 2 nitrogen and oxygen atoms in total. The van der Waals surface area contributed by atoms with Crippen LogP contribution in [0.15, 0.2) is 36.5 Å². The summed E-state index contributed by atoms with van der Waals surface area (Å²) in [5.74, 6) is 3.22. The number of rotatable bonds is 8. The third-order valence-electron chi connectivity index (χ3n) is 8.57. The van der Waals surface area contributed by atoms with E-state index in [1.54, 1.807) is 0 Å². The number of pyridine rings is 1. The highest BCUT2D eigenvalue weighted by molar-refractivity contribution is 5.67. The Morgan fingerprint density at radius 2 is 1.53 bits per heavy atom. The Morgan fingerprint density at radius 1 is 0.812 bits per heavy atom. The van der Waals surface area contributed by atoms with Crippen LogP contribution in [0.2, 0.25) is 0 Å². The number of nitrogens with zero attached hydrogens (tertiary/aromatic N) is 1. The summed E-state index contributed by atoms with van der Waals surface area (Å²) in [7, 11) is 0.